The van der Waals surface area contributed by atoms with Crippen LogP contribution < -0.4 is 15.0 Å². The normalized spacial score (nSPS) is 20.6. The van der Waals surface area contributed by atoms with E-state index in [-0.39, 0.29) is 35.1 Å². The molecule has 194 valence electrons. The summed E-state index contributed by atoms with van der Waals surface area (Å²) in [6, 6.07) is 23.0. The number of carbonyl (C=O) groups excluding carboxylic acids is 4. The van der Waals surface area contributed by atoms with Crippen molar-refractivity contribution in [3.8, 4) is 5.75 Å². The highest BCUT2D eigenvalue weighted by molar-refractivity contribution is 6.22. The molecule has 1 heterocycles. The van der Waals surface area contributed by atoms with Gasteiger partial charge in [0.1, 0.15) is 5.75 Å². The standard InChI is InChI=1S/C30H28N2O6/c1-37-24-9-5-8-22(17-24)31-27(33)18-38-30(36)20-10-13-23(14-11-20)32-28(34)25-15-12-21(16-26(25)29(32)35)19-6-3-2-4-7-19/h2-11,13-14,17,21,25-26H,12,15-16,18H2,1H3,(H,31,33)/t21-,25-,26+/m1/s1. The highest BCUT2D eigenvalue weighted by Crippen LogP contribution is 2.45. The quantitative estimate of drug-likeness (QED) is 0.368. The zero-order chi connectivity index (χ0) is 26.6. The van der Waals surface area contributed by atoms with E-state index in [1.54, 1.807) is 36.4 Å². The highest BCUT2D eigenvalue weighted by atomic mass is 16.5. The Kier molecular flexibility index (Phi) is 7.22. The van der Waals surface area contributed by atoms with Crippen molar-refractivity contribution in [1.29, 1.82) is 0 Å². The van der Waals surface area contributed by atoms with E-state index >= 15 is 0 Å². The second kappa shape index (κ2) is 10.9. The van der Waals surface area contributed by atoms with Gasteiger partial charge >= 0.3 is 5.97 Å². The molecule has 1 aliphatic carbocycles. The Morgan fingerprint density at radius 2 is 1.63 bits per heavy atom. The van der Waals surface area contributed by atoms with Crippen molar-refractivity contribution in [3.05, 3.63) is 90.0 Å². The van der Waals surface area contributed by atoms with Gasteiger partial charge in [-0.25, -0.2) is 4.79 Å². The van der Waals surface area contributed by atoms with Crippen LogP contribution >= 0.6 is 0 Å². The maximum absolute atomic E-state index is 13.3. The predicted molar refractivity (Wildman–Crippen MR) is 141 cm³/mol. The summed E-state index contributed by atoms with van der Waals surface area (Å²) in [4.78, 5) is 52.3. The molecule has 0 bridgehead atoms. The molecule has 3 aromatic rings. The van der Waals surface area contributed by atoms with Gasteiger partial charge in [-0.2, -0.15) is 0 Å². The number of benzene rings is 3. The molecule has 1 aliphatic heterocycles. The summed E-state index contributed by atoms with van der Waals surface area (Å²) in [5, 5.41) is 2.64. The van der Waals surface area contributed by atoms with Crippen LogP contribution in [0.1, 0.15) is 41.1 Å². The van der Waals surface area contributed by atoms with Crippen molar-refractivity contribution in [3.63, 3.8) is 0 Å². The van der Waals surface area contributed by atoms with Gasteiger partial charge in [-0.3, -0.25) is 19.3 Å². The number of hydrogen-bond acceptors (Lipinski definition) is 6. The molecular formula is C30H28N2O6. The third kappa shape index (κ3) is 5.16. The largest absolute Gasteiger partial charge is 0.497 e. The molecule has 1 saturated carbocycles. The summed E-state index contributed by atoms with van der Waals surface area (Å²) in [5.41, 5.74) is 2.36. The zero-order valence-electron chi connectivity index (χ0n) is 21.0. The summed E-state index contributed by atoms with van der Waals surface area (Å²) in [6.45, 7) is -0.465. The highest BCUT2D eigenvalue weighted by Gasteiger charge is 2.50. The Labute approximate surface area is 220 Å². The van der Waals surface area contributed by atoms with Crippen LogP contribution in [0, 0.1) is 11.8 Å². The zero-order valence-corrected chi connectivity index (χ0v) is 21.0. The topological polar surface area (TPSA) is 102 Å². The van der Waals surface area contributed by atoms with Gasteiger partial charge < -0.3 is 14.8 Å². The van der Waals surface area contributed by atoms with Gasteiger partial charge in [0.15, 0.2) is 6.61 Å². The first kappa shape index (κ1) is 25.2. The number of nitrogens with zero attached hydrogens (tertiary/aromatic N) is 1. The molecule has 38 heavy (non-hydrogen) atoms. The van der Waals surface area contributed by atoms with Crippen LogP contribution in [-0.2, 0) is 19.1 Å². The number of nitrogens with one attached hydrogen (secondary N) is 1. The molecule has 2 fully saturated rings. The van der Waals surface area contributed by atoms with Gasteiger partial charge in [0.25, 0.3) is 5.91 Å². The number of hydrogen-bond donors (Lipinski definition) is 1. The molecule has 3 atom stereocenters. The Morgan fingerprint density at radius 1 is 0.895 bits per heavy atom. The van der Waals surface area contributed by atoms with Gasteiger partial charge in [0, 0.05) is 11.8 Å². The van der Waals surface area contributed by atoms with E-state index in [4.69, 9.17) is 9.47 Å². The van der Waals surface area contributed by atoms with Crippen LogP contribution in [0.2, 0.25) is 0 Å². The Bertz CT molecular complexity index is 1350. The number of amides is 3. The minimum absolute atomic E-state index is 0.184. The molecule has 2 aliphatic rings. The Morgan fingerprint density at radius 3 is 2.37 bits per heavy atom. The smallest absolute Gasteiger partial charge is 0.338 e. The lowest BCUT2D eigenvalue weighted by Crippen LogP contribution is -2.30. The fourth-order valence-electron chi connectivity index (χ4n) is 5.32. The molecule has 3 amide bonds. The van der Waals surface area contributed by atoms with Gasteiger partial charge in [-0.15, -0.1) is 0 Å². The van der Waals surface area contributed by atoms with Crippen LogP contribution in [0.5, 0.6) is 5.75 Å². The molecule has 8 heteroatoms. The van der Waals surface area contributed by atoms with E-state index < -0.39 is 18.5 Å². The fraction of sp³-hybridized carbons (Fsp3) is 0.267. The van der Waals surface area contributed by atoms with Crippen LogP contribution in [0.3, 0.4) is 0 Å². The molecule has 3 aromatic carbocycles. The summed E-state index contributed by atoms with van der Waals surface area (Å²) in [7, 11) is 1.53. The van der Waals surface area contributed by atoms with E-state index in [1.165, 1.54) is 29.7 Å². The average Bonchev–Trinajstić information content (AvgIpc) is 3.21. The van der Waals surface area contributed by atoms with Crippen LogP contribution in [-0.4, -0.2) is 37.4 Å². The molecular weight excluding hydrogens is 484 g/mol. The molecule has 5 rings (SSSR count). The fourth-order valence-corrected chi connectivity index (χ4v) is 5.32. The second-order valence-electron chi connectivity index (χ2n) is 9.55. The number of fused-ring (bicyclic) bond motifs is 1. The van der Waals surface area contributed by atoms with Crippen LogP contribution in [0.4, 0.5) is 11.4 Å². The third-order valence-electron chi connectivity index (χ3n) is 7.25. The first-order chi connectivity index (χ1) is 18.4. The Balaban J connectivity index is 1.19. The number of imide groups is 1. The molecule has 8 nitrogen and oxygen atoms in total. The Hall–Kier alpha value is -4.46. The summed E-state index contributed by atoms with van der Waals surface area (Å²) in [5.74, 6) is -1.35. The monoisotopic (exact) mass is 512 g/mol. The van der Waals surface area contributed by atoms with Crippen LogP contribution in [0.15, 0.2) is 78.9 Å². The number of anilines is 2. The minimum Gasteiger partial charge on any atom is -0.497 e. The number of carbonyl (C=O) groups is 4. The van der Waals surface area contributed by atoms with Crippen molar-refractivity contribution in [2.24, 2.45) is 11.8 Å². The number of methoxy groups -OCH3 is 1. The molecule has 0 spiro atoms. The maximum Gasteiger partial charge on any atom is 0.338 e. The lowest BCUT2D eigenvalue weighted by Gasteiger charge is -2.28. The van der Waals surface area contributed by atoms with Crippen LogP contribution in [0.25, 0.3) is 0 Å². The SMILES string of the molecule is COc1cccc(NC(=O)COC(=O)c2ccc(N3C(=O)[C@H]4C[C@H](c5ccccc5)CC[C@H]4C3=O)cc2)c1. The van der Waals surface area contributed by atoms with E-state index in [0.717, 1.165) is 6.42 Å². The molecule has 0 radical (unpaired) electrons. The lowest BCUT2D eigenvalue weighted by molar-refractivity contribution is -0.122. The van der Waals surface area contributed by atoms with Gasteiger partial charge in [0.2, 0.25) is 11.8 Å². The van der Waals surface area contributed by atoms with E-state index in [0.29, 0.717) is 30.0 Å². The summed E-state index contributed by atoms with van der Waals surface area (Å²) < 4.78 is 10.2. The van der Waals surface area contributed by atoms with E-state index in [2.05, 4.69) is 17.4 Å². The van der Waals surface area contributed by atoms with Crippen molar-refractivity contribution in [1.82, 2.24) is 0 Å². The molecule has 0 unspecified atom stereocenters. The maximum atomic E-state index is 13.3. The van der Waals surface area contributed by atoms with Crippen molar-refractivity contribution >= 4 is 35.1 Å². The average molecular weight is 513 g/mol. The van der Waals surface area contributed by atoms with Crippen molar-refractivity contribution < 1.29 is 28.7 Å². The lowest BCUT2D eigenvalue weighted by atomic mass is 9.73. The van der Waals surface area contributed by atoms with Gasteiger partial charge in [-0.1, -0.05) is 36.4 Å². The number of rotatable bonds is 7. The van der Waals surface area contributed by atoms with Gasteiger partial charge in [-0.05, 0) is 67.1 Å². The second-order valence-corrected chi connectivity index (χ2v) is 9.55. The first-order valence-electron chi connectivity index (χ1n) is 12.6. The summed E-state index contributed by atoms with van der Waals surface area (Å²) in [6.07, 6.45) is 2.19. The predicted octanol–water partition coefficient (Wildman–Crippen LogP) is 4.56. The molecule has 1 N–H and O–H groups in total. The summed E-state index contributed by atoms with van der Waals surface area (Å²) >= 11 is 0. The first-order valence-corrected chi connectivity index (χ1v) is 12.6. The number of esters is 1. The molecule has 0 aromatic heterocycles. The third-order valence-corrected chi connectivity index (χ3v) is 7.25. The molecule has 1 saturated heterocycles. The van der Waals surface area contributed by atoms with E-state index in [9.17, 15) is 19.2 Å². The van der Waals surface area contributed by atoms with Crippen molar-refractivity contribution in [2.45, 2.75) is 25.2 Å². The van der Waals surface area contributed by atoms with Crippen molar-refractivity contribution in [2.75, 3.05) is 23.9 Å². The van der Waals surface area contributed by atoms with E-state index in [1.807, 2.05) is 18.2 Å². The number of ether oxygens (including phenoxy) is 2. The van der Waals surface area contributed by atoms with Gasteiger partial charge in [0.05, 0.1) is 30.2 Å². The minimum atomic E-state index is -0.684.